The van der Waals surface area contributed by atoms with Gasteiger partial charge in [-0.15, -0.1) is 0 Å². The van der Waals surface area contributed by atoms with E-state index in [-0.39, 0.29) is 6.04 Å². The molecule has 0 spiro atoms. The molecular formula is C21H27N3O2S. The van der Waals surface area contributed by atoms with E-state index in [9.17, 15) is 9.59 Å². The fourth-order valence-corrected chi connectivity index (χ4v) is 4.31. The van der Waals surface area contributed by atoms with E-state index in [0.29, 0.717) is 12.2 Å². The van der Waals surface area contributed by atoms with Crippen LogP contribution < -0.4 is 10.6 Å². The minimum atomic E-state index is -0.616. The largest absolute Gasteiger partial charge is 0.346 e. The lowest BCUT2D eigenvalue weighted by Crippen LogP contribution is -2.43. The molecule has 1 aromatic carbocycles. The van der Waals surface area contributed by atoms with E-state index in [0.717, 1.165) is 24.2 Å². The summed E-state index contributed by atoms with van der Waals surface area (Å²) >= 11 is 1.66. The molecule has 2 amide bonds. The zero-order valence-electron chi connectivity index (χ0n) is 16.0. The van der Waals surface area contributed by atoms with Gasteiger partial charge < -0.3 is 10.6 Å². The lowest BCUT2D eigenvalue weighted by molar-refractivity contribution is -0.136. The quantitative estimate of drug-likeness (QED) is 0.773. The third-order valence-electron chi connectivity index (χ3n) is 5.14. The molecule has 1 saturated heterocycles. The van der Waals surface area contributed by atoms with Crippen molar-refractivity contribution in [2.45, 2.75) is 39.2 Å². The first-order valence-electron chi connectivity index (χ1n) is 9.48. The van der Waals surface area contributed by atoms with Gasteiger partial charge in [0.05, 0.1) is 6.04 Å². The molecule has 0 saturated carbocycles. The molecule has 2 N–H and O–H groups in total. The Bertz CT molecular complexity index is 762. The second-order valence-corrected chi connectivity index (χ2v) is 7.88. The average Bonchev–Trinajstić information content (AvgIpc) is 3.20. The predicted molar refractivity (Wildman–Crippen MR) is 110 cm³/mol. The Kier molecular flexibility index (Phi) is 6.63. The summed E-state index contributed by atoms with van der Waals surface area (Å²) in [6, 6.07) is 8.00. The van der Waals surface area contributed by atoms with Gasteiger partial charge in [-0.3, -0.25) is 14.5 Å². The van der Waals surface area contributed by atoms with Crippen molar-refractivity contribution in [1.82, 2.24) is 10.2 Å². The fraction of sp³-hybridized carbons (Fsp3) is 0.429. The second kappa shape index (κ2) is 9.15. The number of hydrogen-bond acceptors (Lipinski definition) is 4. The SMILES string of the molecule is Cc1cccc(C)c1NC(=O)C(=O)NCC(c1ccsc1)N1CCCCC1. The number of piperidine rings is 1. The summed E-state index contributed by atoms with van der Waals surface area (Å²) in [7, 11) is 0. The van der Waals surface area contributed by atoms with Crippen LogP contribution in [0, 0.1) is 13.8 Å². The first-order chi connectivity index (χ1) is 13.1. The number of nitrogens with zero attached hydrogens (tertiary/aromatic N) is 1. The van der Waals surface area contributed by atoms with Crippen LogP contribution in [-0.4, -0.2) is 36.3 Å². The number of anilines is 1. The molecule has 6 heteroatoms. The van der Waals surface area contributed by atoms with Crippen LogP contribution in [0.3, 0.4) is 0 Å². The fourth-order valence-electron chi connectivity index (χ4n) is 3.60. The summed E-state index contributed by atoms with van der Waals surface area (Å²) in [5, 5.41) is 9.78. The van der Waals surface area contributed by atoms with Crippen LogP contribution in [0.15, 0.2) is 35.0 Å². The minimum Gasteiger partial charge on any atom is -0.346 e. The molecule has 3 rings (SSSR count). The molecule has 0 radical (unpaired) electrons. The normalized spacial score (nSPS) is 15.9. The Morgan fingerprint density at radius 2 is 1.78 bits per heavy atom. The molecule has 0 bridgehead atoms. The van der Waals surface area contributed by atoms with Crippen LogP contribution in [0.4, 0.5) is 5.69 Å². The van der Waals surface area contributed by atoms with Crippen molar-refractivity contribution in [3.05, 3.63) is 51.7 Å². The van der Waals surface area contributed by atoms with Crippen molar-refractivity contribution in [3.8, 4) is 0 Å². The Balaban J connectivity index is 1.62. The van der Waals surface area contributed by atoms with E-state index >= 15 is 0 Å². The monoisotopic (exact) mass is 385 g/mol. The number of nitrogens with one attached hydrogen (secondary N) is 2. The van der Waals surface area contributed by atoms with E-state index in [2.05, 4.69) is 32.4 Å². The Morgan fingerprint density at radius 3 is 2.41 bits per heavy atom. The lowest BCUT2D eigenvalue weighted by Gasteiger charge is -2.34. The number of aryl methyl sites for hydroxylation is 2. The highest BCUT2D eigenvalue weighted by molar-refractivity contribution is 7.08. The number of thiophene rings is 1. The Morgan fingerprint density at radius 1 is 1.07 bits per heavy atom. The molecule has 2 heterocycles. The second-order valence-electron chi connectivity index (χ2n) is 7.10. The minimum absolute atomic E-state index is 0.119. The average molecular weight is 386 g/mol. The van der Waals surface area contributed by atoms with Gasteiger partial charge in [-0.1, -0.05) is 24.6 Å². The number of benzene rings is 1. The molecule has 27 heavy (non-hydrogen) atoms. The number of likely N-dealkylation sites (tertiary alicyclic amines) is 1. The zero-order valence-corrected chi connectivity index (χ0v) is 16.8. The van der Waals surface area contributed by atoms with E-state index < -0.39 is 11.8 Å². The number of rotatable bonds is 5. The summed E-state index contributed by atoms with van der Waals surface area (Å²) < 4.78 is 0. The zero-order chi connectivity index (χ0) is 19.2. The Hall–Kier alpha value is -2.18. The van der Waals surface area contributed by atoms with Crippen molar-refractivity contribution in [1.29, 1.82) is 0 Å². The van der Waals surface area contributed by atoms with E-state index in [1.807, 2.05) is 32.0 Å². The lowest BCUT2D eigenvalue weighted by atomic mass is 10.0. The van der Waals surface area contributed by atoms with Crippen molar-refractivity contribution >= 4 is 28.8 Å². The first-order valence-corrected chi connectivity index (χ1v) is 10.4. The predicted octanol–water partition coefficient (Wildman–Crippen LogP) is 3.65. The standard InChI is InChI=1S/C21H27N3O2S/c1-15-7-6-8-16(2)19(15)23-21(26)20(25)22-13-18(17-9-12-27-14-17)24-10-4-3-5-11-24/h6-9,12,14,18H,3-5,10-11,13H2,1-2H3,(H,22,25)(H,23,26). The van der Waals surface area contributed by atoms with Crippen molar-refractivity contribution in [3.63, 3.8) is 0 Å². The first kappa shape index (κ1) is 19.6. The van der Waals surface area contributed by atoms with Crippen molar-refractivity contribution in [2.24, 2.45) is 0 Å². The molecule has 1 aliphatic rings. The highest BCUT2D eigenvalue weighted by Crippen LogP contribution is 2.26. The summed E-state index contributed by atoms with van der Waals surface area (Å²) in [6.07, 6.45) is 3.63. The molecule has 1 unspecified atom stereocenters. The molecule has 2 aromatic rings. The van der Waals surface area contributed by atoms with Gasteiger partial charge in [0.25, 0.3) is 0 Å². The van der Waals surface area contributed by atoms with Crippen LogP contribution in [0.25, 0.3) is 0 Å². The number of para-hydroxylation sites is 1. The van der Waals surface area contributed by atoms with Crippen LogP contribution >= 0.6 is 11.3 Å². The highest BCUT2D eigenvalue weighted by Gasteiger charge is 2.24. The molecule has 0 aliphatic carbocycles. The van der Waals surface area contributed by atoms with Crippen LogP contribution in [0.2, 0.25) is 0 Å². The van der Waals surface area contributed by atoms with Gasteiger partial charge in [0.15, 0.2) is 0 Å². The molecular weight excluding hydrogens is 358 g/mol. The number of carbonyl (C=O) groups excluding carboxylic acids is 2. The van der Waals surface area contributed by atoms with E-state index in [4.69, 9.17) is 0 Å². The number of hydrogen-bond donors (Lipinski definition) is 2. The van der Waals surface area contributed by atoms with Gasteiger partial charge in [-0.25, -0.2) is 0 Å². The van der Waals surface area contributed by atoms with Crippen LogP contribution in [-0.2, 0) is 9.59 Å². The van der Waals surface area contributed by atoms with Crippen LogP contribution in [0.5, 0.6) is 0 Å². The summed E-state index contributed by atoms with van der Waals surface area (Å²) in [4.78, 5) is 27.2. The summed E-state index contributed by atoms with van der Waals surface area (Å²) in [5.74, 6) is -1.20. The van der Waals surface area contributed by atoms with Gasteiger partial charge in [0.2, 0.25) is 0 Å². The van der Waals surface area contributed by atoms with E-state index in [1.165, 1.54) is 24.8 Å². The maximum absolute atomic E-state index is 12.4. The molecule has 1 atom stereocenters. The summed E-state index contributed by atoms with van der Waals surface area (Å²) in [6.45, 7) is 6.35. The molecule has 1 aromatic heterocycles. The van der Waals surface area contributed by atoms with E-state index in [1.54, 1.807) is 11.3 Å². The van der Waals surface area contributed by atoms with Gasteiger partial charge in [-0.05, 0) is 73.3 Å². The number of carbonyl (C=O) groups is 2. The van der Waals surface area contributed by atoms with Gasteiger partial charge in [-0.2, -0.15) is 11.3 Å². The smallest absolute Gasteiger partial charge is 0.313 e. The van der Waals surface area contributed by atoms with Gasteiger partial charge in [0.1, 0.15) is 0 Å². The van der Waals surface area contributed by atoms with Crippen LogP contribution in [0.1, 0.15) is 42.0 Å². The molecule has 1 fully saturated rings. The molecule has 144 valence electrons. The van der Waals surface area contributed by atoms with Gasteiger partial charge >= 0.3 is 11.8 Å². The molecule has 5 nitrogen and oxygen atoms in total. The number of amides is 2. The Labute approximate surface area is 164 Å². The van der Waals surface area contributed by atoms with Crippen molar-refractivity contribution < 1.29 is 9.59 Å². The van der Waals surface area contributed by atoms with Crippen molar-refractivity contribution in [2.75, 3.05) is 25.0 Å². The third kappa shape index (κ3) is 4.96. The molecule has 1 aliphatic heterocycles. The highest BCUT2D eigenvalue weighted by atomic mass is 32.1. The van der Waals surface area contributed by atoms with Gasteiger partial charge in [0, 0.05) is 12.2 Å². The third-order valence-corrected chi connectivity index (χ3v) is 5.84. The maximum Gasteiger partial charge on any atom is 0.313 e. The summed E-state index contributed by atoms with van der Waals surface area (Å²) in [5.41, 5.74) is 3.81. The topological polar surface area (TPSA) is 61.4 Å². The maximum atomic E-state index is 12.4.